The molecule has 7 heteroatoms. The van der Waals surface area contributed by atoms with E-state index in [1.807, 2.05) is 20.0 Å². The van der Waals surface area contributed by atoms with E-state index < -0.39 is 0 Å². The molecule has 0 radical (unpaired) electrons. The Kier molecular flexibility index (Phi) is 4.94. The third-order valence-corrected chi connectivity index (χ3v) is 4.44. The molecular formula is C13H15Cl3N4. The molecule has 0 spiro atoms. The Bertz CT molecular complexity index is 624. The van der Waals surface area contributed by atoms with Crippen molar-refractivity contribution in [3.8, 4) is 0 Å². The van der Waals surface area contributed by atoms with Crippen molar-refractivity contribution in [3.05, 3.63) is 50.2 Å². The van der Waals surface area contributed by atoms with Crippen LogP contribution >= 0.6 is 34.8 Å². The summed E-state index contributed by atoms with van der Waals surface area (Å²) >= 11 is 18.2. The number of rotatable bonds is 4. The number of nitrogens with two attached hydrogens (primary N) is 1. The number of benzene rings is 1. The van der Waals surface area contributed by atoms with Crippen molar-refractivity contribution < 1.29 is 0 Å². The van der Waals surface area contributed by atoms with Gasteiger partial charge in [0.15, 0.2) is 0 Å². The van der Waals surface area contributed by atoms with E-state index in [4.69, 9.17) is 40.6 Å². The summed E-state index contributed by atoms with van der Waals surface area (Å²) in [5, 5.41) is 5.96. The number of halogens is 3. The highest BCUT2D eigenvalue weighted by atomic mass is 35.5. The average Bonchev–Trinajstić information content (AvgIpc) is 2.65. The second-order valence-electron chi connectivity index (χ2n) is 4.57. The van der Waals surface area contributed by atoms with Crippen LogP contribution in [0.2, 0.25) is 15.1 Å². The van der Waals surface area contributed by atoms with Crippen LogP contribution in [0.25, 0.3) is 0 Å². The molecule has 0 aliphatic heterocycles. The third kappa shape index (κ3) is 3.10. The van der Waals surface area contributed by atoms with Gasteiger partial charge in [-0.3, -0.25) is 16.0 Å². The summed E-state index contributed by atoms with van der Waals surface area (Å²) in [5.41, 5.74) is 5.43. The molecule has 0 bridgehead atoms. The molecule has 1 heterocycles. The van der Waals surface area contributed by atoms with E-state index in [1.54, 1.807) is 16.8 Å². The first kappa shape index (κ1) is 15.6. The van der Waals surface area contributed by atoms with Gasteiger partial charge in [0, 0.05) is 13.5 Å². The quantitative estimate of drug-likeness (QED) is 0.665. The van der Waals surface area contributed by atoms with E-state index in [0.717, 1.165) is 17.0 Å². The molecule has 3 N–H and O–H groups in total. The zero-order valence-corrected chi connectivity index (χ0v) is 13.4. The fourth-order valence-electron chi connectivity index (χ4n) is 2.10. The maximum Gasteiger partial charge on any atom is 0.0847 e. The van der Waals surface area contributed by atoms with Crippen LogP contribution in [0.4, 0.5) is 0 Å². The largest absolute Gasteiger partial charge is 0.271 e. The van der Waals surface area contributed by atoms with Gasteiger partial charge in [-0.2, -0.15) is 5.10 Å². The van der Waals surface area contributed by atoms with Crippen molar-refractivity contribution in [2.75, 3.05) is 0 Å². The maximum absolute atomic E-state index is 6.26. The number of aryl methyl sites for hydroxylation is 2. The third-order valence-electron chi connectivity index (χ3n) is 3.21. The van der Waals surface area contributed by atoms with E-state index in [-0.39, 0.29) is 6.04 Å². The molecule has 0 amide bonds. The fourth-order valence-corrected chi connectivity index (χ4v) is 2.64. The van der Waals surface area contributed by atoms with Gasteiger partial charge in [0.05, 0.1) is 32.5 Å². The number of hydrazine groups is 1. The Morgan fingerprint density at radius 2 is 2.00 bits per heavy atom. The van der Waals surface area contributed by atoms with E-state index >= 15 is 0 Å². The Labute approximate surface area is 132 Å². The SMILES string of the molecule is Cc1nn(C)c(CC(NN)c2ccc(Cl)c(Cl)c2)c1Cl. The second-order valence-corrected chi connectivity index (χ2v) is 5.76. The van der Waals surface area contributed by atoms with E-state index in [2.05, 4.69) is 10.5 Å². The van der Waals surface area contributed by atoms with Crippen molar-refractivity contribution in [1.29, 1.82) is 0 Å². The molecule has 2 rings (SSSR count). The minimum Gasteiger partial charge on any atom is -0.271 e. The minimum absolute atomic E-state index is 0.128. The molecule has 108 valence electrons. The minimum atomic E-state index is -0.128. The highest BCUT2D eigenvalue weighted by Gasteiger charge is 2.18. The second kappa shape index (κ2) is 6.33. The van der Waals surface area contributed by atoms with E-state index in [0.29, 0.717) is 21.5 Å². The van der Waals surface area contributed by atoms with Gasteiger partial charge in [-0.25, -0.2) is 0 Å². The molecule has 0 aliphatic carbocycles. The number of aromatic nitrogens is 2. The smallest absolute Gasteiger partial charge is 0.0847 e. The van der Waals surface area contributed by atoms with Crippen LogP contribution in [0.3, 0.4) is 0 Å². The molecule has 1 aromatic heterocycles. The van der Waals surface area contributed by atoms with Gasteiger partial charge in [-0.05, 0) is 24.6 Å². The zero-order chi connectivity index (χ0) is 14.9. The first-order chi connectivity index (χ1) is 9.43. The maximum atomic E-state index is 6.26. The summed E-state index contributed by atoms with van der Waals surface area (Å²) in [6.45, 7) is 1.87. The number of hydrogen-bond donors (Lipinski definition) is 2. The lowest BCUT2D eigenvalue weighted by Gasteiger charge is -2.17. The molecule has 0 aliphatic rings. The Balaban J connectivity index is 2.31. The van der Waals surface area contributed by atoms with Crippen molar-refractivity contribution in [2.24, 2.45) is 12.9 Å². The average molecular weight is 334 g/mol. The number of nitrogens with one attached hydrogen (secondary N) is 1. The highest BCUT2D eigenvalue weighted by molar-refractivity contribution is 6.42. The topological polar surface area (TPSA) is 55.9 Å². The van der Waals surface area contributed by atoms with E-state index in [9.17, 15) is 0 Å². The summed E-state index contributed by atoms with van der Waals surface area (Å²) in [4.78, 5) is 0. The molecule has 1 unspecified atom stereocenters. The highest BCUT2D eigenvalue weighted by Crippen LogP contribution is 2.29. The van der Waals surface area contributed by atoms with Crippen LogP contribution in [-0.4, -0.2) is 9.78 Å². The van der Waals surface area contributed by atoms with Gasteiger partial charge < -0.3 is 0 Å². The van der Waals surface area contributed by atoms with Crippen LogP contribution in [0.1, 0.15) is 23.0 Å². The summed E-state index contributed by atoms with van der Waals surface area (Å²) in [7, 11) is 1.86. The summed E-state index contributed by atoms with van der Waals surface area (Å²) in [6.07, 6.45) is 0.602. The van der Waals surface area contributed by atoms with Crippen molar-refractivity contribution in [3.63, 3.8) is 0 Å². The van der Waals surface area contributed by atoms with Crippen molar-refractivity contribution in [2.45, 2.75) is 19.4 Å². The summed E-state index contributed by atoms with van der Waals surface area (Å²) in [5.74, 6) is 5.65. The molecule has 20 heavy (non-hydrogen) atoms. The summed E-state index contributed by atoms with van der Waals surface area (Å²) in [6, 6.07) is 5.30. The fraction of sp³-hybridized carbons (Fsp3) is 0.308. The van der Waals surface area contributed by atoms with Gasteiger partial charge in [0.1, 0.15) is 0 Å². The predicted octanol–water partition coefficient (Wildman–Crippen LogP) is 3.44. The lowest BCUT2D eigenvalue weighted by molar-refractivity contribution is 0.530. The van der Waals surface area contributed by atoms with Crippen molar-refractivity contribution in [1.82, 2.24) is 15.2 Å². The summed E-state index contributed by atoms with van der Waals surface area (Å²) < 4.78 is 1.76. The lowest BCUT2D eigenvalue weighted by atomic mass is 10.0. The zero-order valence-electron chi connectivity index (χ0n) is 11.1. The van der Waals surface area contributed by atoms with Crippen LogP contribution in [-0.2, 0) is 13.5 Å². The van der Waals surface area contributed by atoms with Gasteiger partial charge in [0.2, 0.25) is 0 Å². The first-order valence-electron chi connectivity index (χ1n) is 6.03. The van der Waals surface area contributed by atoms with Crippen LogP contribution in [0, 0.1) is 6.92 Å². The van der Waals surface area contributed by atoms with E-state index in [1.165, 1.54) is 0 Å². The Hall–Kier alpha value is -0.780. The Morgan fingerprint density at radius 3 is 2.50 bits per heavy atom. The van der Waals surface area contributed by atoms with Gasteiger partial charge in [-0.15, -0.1) is 0 Å². The lowest BCUT2D eigenvalue weighted by Crippen LogP contribution is -2.30. The van der Waals surface area contributed by atoms with Gasteiger partial charge in [-0.1, -0.05) is 40.9 Å². The molecule has 1 aromatic carbocycles. The van der Waals surface area contributed by atoms with Crippen molar-refractivity contribution >= 4 is 34.8 Å². The molecule has 0 saturated carbocycles. The normalized spacial score (nSPS) is 12.7. The number of hydrogen-bond acceptors (Lipinski definition) is 3. The number of nitrogens with zero attached hydrogens (tertiary/aromatic N) is 2. The monoisotopic (exact) mass is 332 g/mol. The molecule has 2 aromatic rings. The molecule has 0 saturated heterocycles. The Morgan fingerprint density at radius 1 is 1.30 bits per heavy atom. The van der Waals surface area contributed by atoms with Crippen LogP contribution in [0.15, 0.2) is 18.2 Å². The molecule has 1 atom stereocenters. The molecule has 4 nitrogen and oxygen atoms in total. The van der Waals surface area contributed by atoms with Crippen LogP contribution < -0.4 is 11.3 Å². The van der Waals surface area contributed by atoms with Crippen LogP contribution in [0.5, 0.6) is 0 Å². The van der Waals surface area contributed by atoms with Gasteiger partial charge in [0.25, 0.3) is 0 Å². The standard InChI is InChI=1S/C13H15Cl3N4/c1-7-13(16)12(20(2)19-7)6-11(18-17)8-3-4-9(14)10(15)5-8/h3-5,11,18H,6,17H2,1-2H3. The molecule has 0 fully saturated rings. The predicted molar refractivity (Wildman–Crippen MR) is 83.2 cm³/mol. The molecular weight excluding hydrogens is 319 g/mol. The first-order valence-corrected chi connectivity index (χ1v) is 7.16. The van der Waals surface area contributed by atoms with Gasteiger partial charge >= 0.3 is 0 Å².